The standard InChI is InChI=1S/C18H18N2O3/c1-12(2)11-15(18-17(20(21)22)8-10-23-18)13-7-9-19-16-6-4-3-5-14(13)16/h3-10,12,15H,11H2,1-2H3. The second-order valence-electron chi connectivity index (χ2n) is 6.03. The molecule has 0 radical (unpaired) electrons. The molecule has 0 fully saturated rings. The monoisotopic (exact) mass is 310 g/mol. The van der Waals surface area contributed by atoms with Crippen molar-refractivity contribution in [3.63, 3.8) is 0 Å². The van der Waals surface area contributed by atoms with Crippen LogP contribution in [0.3, 0.4) is 0 Å². The lowest BCUT2D eigenvalue weighted by Gasteiger charge is -2.18. The highest BCUT2D eigenvalue weighted by Gasteiger charge is 2.29. The lowest BCUT2D eigenvalue weighted by atomic mass is 9.86. The van der Waals surface area contributed by atoms with Gasteiger partial charge < -0.3 is 4.42 Å². The summed E-state index contributed by atoms with van der Waals surface area (Å²) < 4.78 is 5.53. The fraction of sp³-hybridized carbons (Fsp3) is 0.278. The topological polar surface area (TPSA) is 69.2 Å². The molecule has 0 N–H and O–H groups in total. The van der Waals surface area contributed by atoms with Crippen molar-refractivity contribution in [2.45, 2.75) is 26.2 Å². The van der Waals surface area contributed by atoms with Gasteiger partial charge in [-0.15, -0.1) is 0 Å². The van der Waals surface area contributed by atoms with E-state index in [1.807, 2.05) is 30.3 Å². The average molecular weight is 310 g/mol. The molecule has 1 atom stereocenters. The average Bonchev–Trinajstić information content (AvgIpc) is 3.01. The Bertz CT molecular complexity index is 834. The maximum atomic E-state index is 11.3. The molecule has 1 unspecified atom stereocenters. The lowest BCUT2D eigenvalue weighted by Crippen LogP contribution is -2.07. The fourth-order valence-corrected chi connectivity index (χ4v) is 2.99. The van der Waals surface area contributed by atoms with Gasteiger partial charge in [0.15, 0.2) is 5.76 Å². The molecule has 0 aliphatic carbocycles. The number of hydrogen-bond donors (Lipinski definition) is 0. The van der Waals surface area contributed by atoms with Gasteiger partial charge in [-0.3, -0.25) is 15.1 Å². The van der Waals surface area contributed by atoms with Crippen LogP contribution < -0.4 is 0 Å². The summed E-state index contributed by atoms with van der Waals surface area (Å²) in [6.07, 6.45) is 3.91. The molecule has 5 nitrogen and oxygen atoms in total. The van der Waals surface area contributed by atoms with Crippen LogP contribution in [0.15, 0.2) is 53.3 Å². The summed E-state index contributed by atoms with van der Waals surface area (Å²) in [5.41, 5.74) is 1.94. The molecule has 0 aliphatic heterocycles. The number of fused-ring (bicyclic) bond motifs is 1. The molecule has 2 aromatic heterocycles. The summed E-state index contributed by atoms with van der Waals surface area (Å²) in [6, 6.07) is 11.2. The van der Waals surface area contributed by atoms with Crippen molar-refractivity contribution in [1.82, 2.24) is 4.98 Å². The molecule has 1 aromatic carbocycles. The normalized spacial score (nSPS) is 12.7. The van der Waals surface area contributed by atoms with Crippen molar-refractivity contribution < 1.29 is 9.34 Å². The number of aromatic nitrogens is 1. The Labute approximate surface area is 134 Å². The minimum absolute atomic E-state index is 0.0385. The number of nitrogens with zero attached hydrogens (tertiary/aromatic N) is 2. The Morgan fingerprint density at radius 3 is 2.74 bits per heavy atom. The van der Waals surface area contributed by atoms with Crippen molar-refractivity contribution in [3.05, 3.63) is 70.3 Å². The van der Waals surface area contributed by atoms with E-state index in [0.29, 0.717) is 11.7 Å². The van der Waals surface area contributed by atoms with E-state index in [4.69, 9.17) is 4.42 Å². The molecule has 23 heavy (non-hydrogen) atoms. The molecule has 0 spiro atoms. The van der Waals surface area contributed by atoms with E-state index in [1.54, 1.807) is 6.20 Å². The summed E-state index contributed by atoms with van der Waals surface area (Å²) in [6.45, 7) is 4.20. The molecular formula is C18H18N2O3. The summed E-state index contributed by atoms with van der Waals surface area (Å²) in [7, 11) is 0. The first-order valence-corrected chi connectivity index (χ1v) is 7.63. The zero-order chi connectivity index (χ0) is 16.4. The van der Waals surface area contributed by atoms with Gasteiger partial charge >= 0.3 is 5.69 Å². The second-order valence-corrected chi connectivity index (χ2v) is 6.03. The largest absolute Gasteiger partial charge is 0.461 e. The summed E-state index contributed by atoms with van der Waals surface area (Å²) in [5, 5.41) is 12.3. The van der Waals surface area contributed by atoms with Gasteiger partial charge in [-0.25, -0.2) is 0 Å². The third-order valence-electron chi connectivity index (χ3n) is 3.95. The second kappa shape index (κ2) is 6.20. The quantitative estimate of drug-likeness (QED) is 0.495. The Balaban J connectivity index is 2.19. The van der Waals surface area contributed by atoms with Crippen LogP contribution in [0.25, 0.3) is 10.9 Å². The number of pyridine rings is 1. The van der Waals surface area contributed by atoms with Crippen LogP contribution in [-0.4, -0.2) is 9.91 Å². The van der Waals surface area contributed by atoms with Gasteiger partial charge in [-0.05, 0) is 30.0 Å². The minimum Gasteiger partial charge on any atom is -0.461 e. The smallest absolute Gasteiger partial charge is 0.310 e. The maximum absolute atomic E-state index is 11.3. The van der Waals surface area contributed by atoms with Crippen molar-refractivity contribution in [3.8, 4) is 0 Å². The number of para-hydroxylation sites is 1. The van der Waals surface area contributed by atoms with E-state index in [0.717, 1.165) is 22.9 Å². The van der Waals surface area contributed by atoms with Crippen molar-refractivity contribution >= 4 is 16.6 Å². The van der Waals surface area contributed by atoms with Crippen LogP contribution in [0.4, 0.5) is 5.69 Å². The number of hydrogen-bond acceptors (Lipinski definition) is 4. The SMILES string of the molecule is CC(C)CC(c1occc1[N+](=O)[O-])c1ccnc2ccccc12. The highest BCUT2D eigenvalue weighted by atomic mass is 16.6. The minimum atomic E-state index is -0.379. The van der Waals surface area contributed by atoms with Crippen molar-refractivity contribution in [2.75, 3.05) is 0 Å². The van der Waals surface area contributed by atoms with Gasteiger partial charge in [-0.1, -0.05) is 32.0 Å². The van der Waals surface area contributed by atoms with Crippen LogP contribution in [0.5, 0.6) is 0 Å². The molecule has 3 aromatic rings. The molecule has 2 heterocycles. The summed E-state index contributed by atoms with van der Waals surface area (Å²) in [4.78, 5) is 15.3. The van der Waals surface area contributed by atoms with Gasteiger partial charge in [0.2, 0.25) is 0 Å². The van der Waals surface area contributed by atoms with E-state index in [-0.39, 0.29) is 16.5 Å². The predicted octanol–water partition coefficient (Wildman–Crippen LogP) is 4.91. The lowest BCUT2D eigenvalue weighted by molar-refractivity contribution is -0.386. The van der Waals surface area contributed by atoms with E-state index >= 15 is 0 Å². The zero-order valence-corrected chi connectivity index (χ0v) is 13.1. The third kappa shape index (κ3) is 2.95. The molecule has 0 aliphatic rings. The van der Waals surface area contributed by atoms with Gasteiger partial charge in [-0.2, -0.15) is 0 Å². The van der Waals surface area contributed by atoms with Gasteiger partial charge in [0.05, 0.1) is 28.7 Å². The Morgan fingerprint density at radius 1 is 1.22 bits per heavy atom. The molecule has 0 saturated carbocycles. The highest BCUT2D eigenvalue weighted by molar-refractivity contribution is 5.83. The van der Waals surface area contributed by atoms with Crippen LogP contribution >= 0.6 is 0 Å². The fourth-order valence-electron chi connectivity index (χ4n) is 2.99. The first-order valence-electron chi connectivity index (χ1n) is 7.63. The molecule has 3 rings (SSSR count). The molecule has 0 amide bonds. The number of rotatable bonds is 5. The van der Waals surface area contributed by atoms with E-state index in [1.165, 1.54) is 12.3 Å². The highest BCUT2D eigenvalue weighted by Crippen LogP contribution is 2.39. The van der Waals surface area contributed by atoms with Gasteiger partial charge in [0, 0.05) is 11.6 Å². The number of benzene rings is 1. The predicted molar refractivity (Wildman–Crippen MR) is 88.4 cm³/mol. The van der Waals surface area contributed by atoms with E-state index in [2.05, 4.69) is 18.8 Å². The Morgan fingerprint density at radius 2 is 2.00 bits per heavy atom. The number of furan rings is 1. The van der Waals surface area contributed by atoms with Crippen molar-refractivity contribution in [2.24, 2.45) is 5.92 Å². The van der Waals surface area contributed by atoms with Crippen molar-refractivity contribution in [1.29, 1.82) is 0 Å². The third-order valence-corrected chi connectivity index (χ3v) is 3.95. The molecule has 0 bridgehead atoms. The Kier molecular flexibility index (Phi) is 4.10. The Hall–Kier alpha value is -2.69. The first kappa shape index (κ1) is 15.2. The van der Waals surface area contributed by atoms with Crippen LogP contribution in [0.1, 0.15) is 37.5 Å². The summed E-state index contributed by atoms with van der Waals surface area (Å²) in [5.74, 6) is 0.620. The van der Waals surface area contributed by atoms with Crippen LogP contribution in [-0.2, 0) is 0 Å². The molecule has 5 heteroatoms. The zero-order valence-electron chi connectivity index (χ0n) is 13.1. The van der Waals surface area contributed by atoms with Crippen LogP contribution in [0, 0.1) is 16.0 Å². The van der Waals surface area contributed by atoms with E-state index < -0.39 is 0 Å². The molecular weight excluding hydrogens is 292 g/mol. The van der Waals surface area contributed by atoms with Crippen LogP contribution in [0.2, 0.25) is 0 Å². The summed E-state index contributed by atoms with van der Waals surface area (Å²) >= 11 is 0. The van der Waals surface area contributed by atoms with Gasteiger partial charge in [0.25, 0.3) is 0 Å². The molecule has 0 saturated heterocycles. The number of nitro groups is 1. The maximum Gasteiger partial charge on any atom is 0.310 e. The first-order chi connectivity index (χ1) is 11.1. The van der Waals surface area contributed by atoms with E-state index in [9.17, 15) is 10.1 Å². The van der Waals surface area contributed by atoms with Gasteiger partial charge in [0.1, 0.15) is 0 Å². The molecule has 118 valence electrons.